The van der Waals surface area contributed by atoms with E-state index in [0.717, 1.165) is 19.1 Å². The van der Waals surface area contributed by atoms with E-state index in [0.29, 0.717) is 35.6 Å². The third-order valence-electron chi connectivity index (χ3n) is 4.72. The molecule has 0 radical (unpaired) electrons. The van der Waals surface area contributed by atoms with Crippen LogP contribution in [-0.2, 0) is 14.6 Å². The molecule has 0 amide bonds. The number of rotatable bonds is 6. The fraction of sp³-hybridized carbons (Fsp3) is 0.300. The van der Waals surface area contributed by atoms with Gasteiger partial charge in [-0.1, -0.05) is 0 Å². The topological polar surface area (TPSA) is 128 Å². The van der Waals surface area contributed by atoms with Gasteiger partial charge in [0, 0.05) is 42.8 Å². The summed E-state index contributed by atoms with van der Waals surface area (Å²) in [4.78, 5) is 18.4. The van der Waals surface area contributed by atoms with Crippen LogP contribution in [0, 0.1) is 0 Å². The van der Waals surface area contributed by atoms with Crippen molar-refractivity contribution >= 4 is 26.7 Å². The highest BCUT2D eigenvalue weighted by Crippen LogP contribution is 2.35. The van der Waals surface area contributed by atoms with Gasteiger partial charge in [0.25, 0.3) is 0 Å². The van der Waals surface area contributed by atoms with Crippen LogP contribution >= 0.6 is 0 Å². The minimum atomic E-state index is -3.36. The monoisotopic (exact) mass is 432 g/mol. The number of carboxylic acids is 1. The molecule has 0 saturated carbocycles. The summed E-state index contributed by atoms with van der Waals surface area (Å²) in [5, 5.41) is 9.93. The van der Waals surface area contributed by atoms with E-state index < -0.39 is 15.8 Å². The number of aromatic amines is 1. The summed E-state index contributed by atoms with van der Waals surface area (Å²) in [5.74, 6) is -0.0220. The lowest BCUT2D eigenvalue weighted by molar-refractivity contribution is 0.0260. The molecule has 0 spiro atoms. The number of hydrogen-bond donors (Lipinski definition) is 2. The maximum atomic E-state index is 11.6. The molecule has 2 aromatic heterocycles. The molecule has 0 atom stereocenters. The molecule has 30 heavy (non-hydrogen) atoms. The van der Waals surface area contributed by atoms with Crippen LogP contribution in [0.25, 0.3) is 10.9 Å². The summed E-state index contributed by atoms with van der Waals surface area (Å²) in [6.45, 7) is 1.21. The number of sulfone groups is 1. The fourth-order valence-electron chi connectivity index (χ4n) is 3.19. The van der Waals surface area contributed by atoms with Crippen molar-refractivity contribution in [2.45, 2.75) is 23.8 Å². The first-order chi connectivity index (χ1) is 14.3. The minimum Gasteiger partial charge on any atom is -0.488 e. The smallest absolute Gasteiger partial charge is 0.352 e. The molecule has 0 bridgehead atoms. The molecule has 1 fully saturated rings. The summed E-state index contributed by atoms with van der Waals surface area (Å²) in [6.07, 6.45) is 3.73. The SMILES string of the molecule is CS(=O)(=O)c1ccc(Oc2cc(OC3CCOCC3)c3[nH]c(C(=O)O)cc3c2)nc1. The van der Waals surface area contributed by atoms with Crippen molar-refractivity contribution in [3.63, 3.8) is 0 Å². The molecule has 1 aliphatic rings. The Kier molecular flexibility index (Phi) is 5.35. The molecule has 4 rings (SSSR count). The molecule has 1 aliphatic heterocycles. The van der Waals surface area contributed by atoms with Crippen LogP contribution in [0.5, 0.6) is 17.4 Å². The molecule has 1 saturated heterocycles. The number of aromatic nitrogens is 2. The van der Waals surface area contributed by atoms with Gasteiger partial charge < -0.3 is 24.3 Å². The zero-order chi connectivity index (χ0) is 21.3. The fourth-order valence-corrected chi connectivity index (χ4v) is 3.75. The maximum absolute atomic E-state index is 11.6. The van der Waals surface area contributed by atoms with Crippen molar-refractivity contribution in [1.29, 1.82) is 0 Å². The highest BCUT2D eigenvalue weighted by Gasteiger charge is 2.20. The van der Waals surface area contributed by atoms with Gasteiger partial charge in [-0.2, -0.15) is 0 Å². The highest BCUT2D eigenvalue weighted by molar-refractivity contribution is 7.90. The second-order valence-electron chi connectivity index (χ2n) is 7.01. The van der Waals surface area contributed by atoms with Crippen LogP contribution < -0.4 is 9.47 Å². The van der Waals surface area contributed by atoms with Crippen molar-refractivity contribution in [1.82, 2.24) is 9.97 Å². The number of fused-ring (bicyclic) bond motifs is 1. The molecule has 9 nitrogen and oxygen atoms in total. The molecular formula is C20H20N2O7S. The third-order valence-corrected chi connectivity index (χ3v) is 5.82. The second kappa shape index (κ2) is 7.96. The lowest BCUT2D eigenvalue weighted by atomic mass is 10.1. The van der Waals surface area contributed by atoms with E-state index in [1.165, 1.54) is 24.4 Å². The van der Waals surface area contributed by atoms with Crippen LogP contribution in [0.4, 0.5) is 0 Å². The van der Waals surface area contributed by atoms with E-state index >= 15 is 0 Å². The van der Waals surface area contributed by atoms with E-state index in [-0.39, 0.29) is 22.6 Å². The standard InChI is InChI=1S/C20H20N2O7S/c1-30(25,26)15-2-3-18(21-11-15)29-14-8-12-9-16(20(23)24)22-19(12)17(10-14)28-13-4-6-27-7-5-13/h2-3,8-11,13,22H,4-7H2,1H3,(H,23,24). The number of hydrogen-bond acceptors (Lipinski definition) is 7. The lowest BCUT2D eigenvalue weighted by Crippen LogP contribution is -2.25. The molecular weight excluding hydrogens is 412 g/mol. The second-order valence-corrected chi connectivity index (χ2v) is 9.03. The molecule has 10 heteroatoms. The van der Waals surface area contributed by atoms with Crippen molar-refractivity contribution in [2.75, 3.05) is 19.5 Å². The lowest BCUT2D eigenvalue weighted by Gasteiger charge is -2.23. The number of carboxylic acid groups (broad SMARTS) is 1. The molecule has 1 aromatic carbocycles. The van der Waals surface area contributed by atoms with Crippen molar-refractivity contribution in [3.8, 4) is 17.4 Å². The number of benzene rings is 1. The Balaban J connectivity index is 1.67. The number of nitrogens with zero attached hydrogens (tertiary/aromatic N) is 1. The minimum absolute atomic E-state index is 0.0367. The molecule has 0 unspecified atom stereocenters. The first-order valence-corrected chi connectivity index (χ1v) is 11.2. The van der Waals surface area contributed by atoms with Crippen LogP contribution in [0.3, 0.4) is 0 Å². The average Bonchev–Trinajstić information content (AvgIpc) is 3.13. The van der Waals surface area contributed by atoms with Gasteiger partial charge in [0.2, 0.25) is 5.88 Å². The zero-order valence-corrected chi connectivity index (χ0v) is 16.9. The number of aromatic carboxylic acids is 1. The van der Waals surface area contributed by atoms with E-state index in [1.54, 1.807) is 12.1 Å². The van der Waals surface area contributed by atoms with Crippen molar-refractivity contribution in [2.24, 2.45) is 0 Å². The van der Waals surface area contributed by atoms with E-state index in [2.05, 4.69) is 9.97 Å². The largest absolute Gasteiger partial charge is 0.488 e. The molecule has 0 aliphatic carbocycles. The highest BCUT2D eigenvalue weighted by atomic mass is 32.2. The Morgan fingerprint density at radius 3 is 2.63 bits per heavy atom. The molecule has 3 aromatic rings. The predicted octanol–water partition coefficient (Wildman–Crippen LogP) is 3.01. The van der Waals surface area contributed by atoms with Gasteiger partial charge in [-0.3, -0.25) is 0 Å². The Labute approximate surface area is 172 Å². The van der Waals surface area contributed by atoms with Gasteiger partial charge in [0.15, 0.2) is 9.84 Å². The summed E-state index contributed by atoms with van der Waals surface area (Å²) >= 11 is 0. The third kappa shape index (κ3) is 4.39. The Morgan fingerprint density at radius 1 is 1.23 bits per heavy atom. The van der Waals surface area contributed by atoms with Crippen LogP contribution in [0.2, 0.25) is 0 Å². The zero-order valence-electron chi connectivity index (χ0n) is 16.1. The van der Waals surface area contributed by atoms with Crippen LogP contribution in [0.1, 0.15) is 23.3 Å². The Morgan fingerprint density at radius 2 is 2.00 bits per heavy atom. The van der Waals surface area contributed by atoms with Gasteiger partial charge in [-0.25, -0.2) is 18.2 Å². The first kappa shape index (κ1) is 20.2. The van der Waals surface area contributed by atoms with E-state index in [1.807, 2.05) is 0 Å². The normalized spacial score (nSPS) is 15.2. The quantitative estimate of drug-likeness (QED) is 0.608. The predicted molar refractivity (Wildman–Crippen MR) is 107 cm³/mol. The number of ether oxygens (including phenoxy) is 3. The summed E-state index contributed by atoms with van der Waals surface area (Å²) in [6, 6.07) is 7.70. The number of nitrogens with one attached hydrogen (secondary N) is 1. The van der Waals surface area contributed by atoms with Gasteiger partial charge >= 0.3 is 5.97 Å². The Bertz CT molecular complexity index is 1180. The van der Waals surface area contributed by atoms with Gasteiger partial charge in [0.05, 0.1) is 23.6 Å². The summed E-state index contributed by atoms with van der Waals surface area (Å²) in [5.41, 5.74) is 0.598. The average molecular weight is 432 g/mol. The Hall–Kier alpha value is -3.11. The molecule has 2 N–H and O–H groups in total. The summed E-state index contributed by atoms with van der Waals surface area (Å²) in [7, 11) is -3.36. The van der Waals surface area contributed by atoms with E-state index in [4.69, 9.17) is 14.2 Å². The first-order valence-electron chi connectivity index (χ1n) is 9.28. The summed E-state index contributed by atoms with van der Waals surface area (Å²) < 4.78 is 40.4. The number of H-pyrrole nitrogens is 1. The van der Waals surface area contributed by atoms with Crippen LogP contribution in [-0.4, -0.2) is 55.0 Å². The van der Waals surface area contributed by atoms with Crippen LogP contribution in [0.15, 0.2) is 41.4 Å². The van der Waals surface area contributed by atoms with Gasteiger partial charge in [-0.05, 0) is 18.2 Å². The maximum Gasteiger partial charge on any atom is 0.352 e. The number of carbonyl (C=O) groups is 1. The molecule has 3 heterocycles. The van der Waals surface area contributed by atoms with Crippen molar-refractivity contribution in [3.05, 3.63) is 42.2 Å². The van der Waals surface area contributed by atoms with Gasteiger partial charge in [0.1, 0.15) is 23.3 Å². The number of pyridine rings is 1. The van der Waals surface area contributed by atoms with E-state index in [9.17, 15) is 18.3 Å². The van der Waals surface area contributed by atoms with Gasteiger partial charge in [-0.15, -0.1) is 0 Å². The molecule has 158 valence electrons. The van der Waals surface area contributed by atoms with Crippen molar-refractivity contribution < 1.29 is 32.5 Å².